The van der Waals surface area contributed by atoms with Gasteiger partial charge in [0.25, 0.3) is 0 Å². The summed E-state index contributed by atoms with van der Waals surface area (Å²) in [6.45, 7) is 14.1. The molecule has 25 heavy (non-hydrogen) atoms. The predicted octanol–water partition coefficient (Wildman–Crippen LogP) is 5.75. The summed E-state index contributed by atoms with van der Waals surface area (Å²) in [4.78, 5) is 10.7. The van der Waals surface area contributed by atoms with Crippen LogP contribution in [0.15, 0.2) is 0 Å². The van der Waals surface area contributed by atoms with Crippen molar-refractivity contribution in [2.45, 2.75) is 92.9 Å². The average Bonchev–Trinajstić information content (AvgIpc) is 2.54. The summed E-state index contributed by atoms with van der Waals surface area (Å²) < 4.78 is 0. The molecule has 0 aromatic rings. The Bertz CT molecular complexity index is 386. The van der Waals surface area contributed by atoms with Crippen molar-refractivity contribution in [3.8, 4) is 0 Å². The fraction of sp³-hybridized carbons (Fsp3) is 0.955. The molecule has 0 heterocycles. The van der Waals surface area contributed by atoms with Gasteiger partial charge in [-0.05, 0) is 80.0 Å². The molecule has 2 aliphatic carbocycles. The number of carboxylic acid groups (broad SMARTS) is 1. The van der Waals surface area contributed by atoms with Crippen LogP contribution in [0.3, 0.4) is 0 Å². The monoisotopic (exact) mass is 354 g/mol. The van der Waals surface area contributed by atoms with E-state index in [-0.39, 0.29) is 5.92 Å². The molecule has 0 aliphatic heterocycles. The van der Waals surface area contributed by atoms with Crippen molar-refractivity contribution in [1.82, 2.24) is 0 Å². The van der Waals surface area contributed by atoms with Crippen LogP contribution >= 0.6 is 0 Å². The van der Waals surface area contributed by atoms with Gasteiger partial charge in [0, 0.05) is 6.61 Å². The van der Waals surface area contributed by atoms with E-state index in [9.17, 15) is 4.79 Å². The zero-order chi connectivity index (χ0) is 19.3. The molecular formula is C22H42O3. The van der Waals surface area contributed by atoms with E-state index in [2.05, 4.69) is 41.5 Å². The first-order valence-corrected chi connectivity index (χ1v) is 10.3. The third-order valence-electron chi connectivity index (χ3n) is 6.63. The molecule has 0 atom stereocenters. The minimum atomic E-state index is -0.604. The number of carbonyl (C=O) groups is 1. The maximum Gasteiger partial charge on any atom is 0.306 e. The second-order valence-corrected chi connectivity index (χ2v) is 10.5. The van der Waals surface area contributed by atoms with Crippen LogP contribution in [-0.4, -0.2) is 22.8 Å². The van der Waals surface area contributed by atoms with Crippen molar-refractivity contribution in [2.24, 2.45) is 34.5 Å². The van der Waals surface area contributed by atoms with Gasteiger partial charge in [-0.2, -0.15) is 0 Å². The minimum Gasteiger partial charge on any atom is -0.481 e. The SMILES string of the molecule is CC(C)(C)C1CCC(C(=O)O)CC1.CC(C)(C)C1CCC(CO)CC1. The largest absolute Gasteiger partial charge is 0.481 e. The highest BCUT2D eigenvalue weighted by molar-refractivity contribution is 5.69. The summed E-state index contributed by atoms with van der Waals surface area (Å²) in [7, 11) is 0. The van der Waals surface area contributed by atoms with Gasteiger partial charge in [0.05, 0.1) is 5.92 Å². The third kappa shape index (κ3) is 7.68. The Hall–Kier alpha value is -0.570. The fourth-order valence-corrected chi connectivity index (χ4v) is 4.42. The number of aliphatic hydroxyl groups excluding tert-OH is 1. The quantitative estimate of drug-likeness (QED) is 0.663. The molecule has 0 radical (unpaired) electrons. The number of aliphatic hydroxyl groups is 1. The maximum absolute atomic E-state index is 10.7. The van der Waals surface area contributed by atoms with Crippen molar-refractivity contribution in [1.29, 1.82) is 0 Å². The van der Waals surface area contributed by atoms with E-state index < -0.39 is 5.97 Å². The molecule has 0 amide bonds. The van der Waals surface area contributed by atoms with Crippen LogP contribution in [0.25, 0.3) is 0 Å². The predicted molar refractivity (Wildman–Crippen MR) is 105 cm³/mol. The molecule has 2 fully saturated rings. The number of hydrogen-bond donors (Lipinski definition) is 2. The Morgan fingerprint density at radius 3 is 1.40 bits per heavy atom. The van der Waals surface area contributed by atoms with E-state index in [0.717, 1.165) is 31.6 Å². The van der Waals surface area contributed by atoms with E-state index in [0.29, 0.717) is 29.3 Å². The fourth-order valence-electron chi connectivity index (χ4n) is 4.42. The lowest BCUT2D eigenvalue weighted by Crippen LogP contribution is -2.28. The van der Waals surface area contributed by atoms with Crippen molar-refractivity contribution in [3.63, 3.8) is 0 Å². The van der Waals surface area contributed by atoms with Gasteiger partial charge < -0.3 is 10.2 Å². The van der Waals surface area contributed by atoms with Crippen LogP contribution < -0.4 is 0 Å². The van der Waals surface area contributed by atoms with Crippen LogP contribution in [0.5, 0.6) is 0 Å². The normalized spacial score (nSPS) is 31.0. The first-order chi connectivity index (χ1) is 11.4. The van der Waals surface area contributed by atoms with Crippen LogP contribution in [0, 0.1) is 34.5 Å². The zero-order valence-corrected chi connectivity index (χ0v) is 17.5. The Labute approximate surface area is 155 Å². The highest BCUT2D eigenvalue weighted by Crippen LogP contribution is 2.40. The molecule has 0 spiro atoms. The molecule has 148 valence electrons. The smallest absolute Gasteiger partial charge is 0.306 e. The molecule has 3 heteroatoms. The molecular weight excluding hydrogens is 312 g/mol. The highest BCUT2D eigenvalue weighted by Gasteiger charge is 2.32. The highest BCUT2D eigenvalue weighted by atomic mass is 16.4. The van der Waals surface area contributed by atoms with E-state index in [4.69, 9.17) is 10.2 Å². The second-order valence-electron chi connectivity index (χ2n) is 10.5. The molecule has 2 N–H and O–H groups in total. The van der Waals surface area contributed by atoms with Gasteiger partial charge >= 0.3 is 5.97 Å². The van der Waals surface area contributed by atoms with Gasteiger partial charge in [0.2, 0.25) is 0 Å². The van der Waals surface area contributed by atoms with Crippen LogP contribution in [-0.2, 0) is 4.79 Å². The topological polar surface area (TPSA) is 57.5 Å². The van der Waals surface area contributed by atoms with Gasteiger partial charge in [0.15, 0.2) is 0 Å². The molecule has 0 bridgehead atoms. The Balaban J connectivity index is 0.000000251. The Kier molecular flexibility index (Phi) is 8.44. The number of rotatable bonds is 2. The molecule has 2 saturated carbocycles. The van der Waals surface area contributed by atoms with Crippen LogP contribution in [0.2, 0.25) is 0 Å². The summed E-state index contributed by atoms with van der Waals surface area (Å²) in [5, 5.41) is 17.8. The summed E-state index contributed by atoms with van der Waals surface area (Å²) in [5.74, 6) is 1.51. The maximum atomic E-state index is 10.7. The first kappa shape index (κ1) is 22.5. The molecule has 2 rings (SSSR count). The lowest BCUT2D eigenvalue weighted by atomic mass is 9.70. The second kappa shape index (κ2) is 9.39. The van der Waals surface area contributed by atoms with E-state index in [1.165, 1.54) is 25.7 Å². The average molecular weight is 355 g/mol. The van der Waals surface area contributed by atoms with Gasteiger partial charge in [-0.15, -0.1) is 0 Å². The van der Waals surface area contributed by atoms with Crippen molar-refractivity contribution in [2.75, 3.05) is 6.61 Å². The van der Waals surface area contributed by atoms with E-state index >= 15 is 0 Å². The van der Waals surface area contributed by atoms with Gasteiger partial charge in [0.1, 0.15) is 0 Å². The lowest BCUT2D eigenvalue weighted by molar-refractivity contribution is -0.143. The van der Waals surface area contributed by atoms with Crippen molar-refractivity contribution >= 4 is 5.97 Å². The first-order valence-electron chi connectivity index (χ1n) is 10.3. The van der Waals surface area contributed by atoms with Gasteiger partial charge in [-0.1, -0.05) is 41.5 Å². The van der Waals surface area contributed by atoms with E-state index in [1.54, 1.807) is 0 Å². The lowest BCUT2D eigenvalue weighted by Gasteiger charge is -2.36. The Morgan fingerprint density at radius 2 is 1.12 bits per heavy atom. The van der Waals surface area contributed by atoms with Gasteiger partial charge in [-0.25, -0.2) is 0 Å². The number of hydrogen-bond acceptors (Lipinski definition) is 2. The molecule has 0 aromatic heterocycles. The number of carboxylic acids is 1. The van der Waals surface area contributed by atoms with Crippen molar-refractivity contribution < 1.29 is 15.0 Å². The Morgan fingerprint density at radius 1 is 0.760 bits per heavy atom. The van der Waals surface area contributed by atoms with Crippen molar-refractivity contribution in [3.05, 3.63) is 0 Å². The summed E-state index contributed by atoms with van der Waals surface area (Å²) >= 11 is 0. The molecule has 3 nitrogen and oxygen atoms in total. The molecule has 0 aromatic carbocycles. The van der Waals surface area contributed by atoms with Crippen LogP contribution in [0.4, 0.5) is 0 Å². The van der Waals surface area contributed by atoms with Gasteiger partial charge in [-0.3, -0.25) is 4.79 Å². The summed E-state index contributed by atoms with van der Waals surface area (Å²) in [6, 6.07) is 0. The van der Waals surface area contributed by atoms with Crippen LogP contribution in [0.1, 0.15) is 92.9 Å². The minimum absolute atomic E-state index is 0.0707. The summed E-state index contributed by atoms with van der Waals surface area (Å²) in [6.07, 6.45) is 9.01. The molecule has 0 unspecified atom stereocenters. The van der Waals surface area contributed by atoms with E-state index in [1.807, 2.05) is 0 Å². The zero-order valence-electron chi connectivity index (χ0n) is 17.5. The standard InChI is InChI=1S/C11H20O2.C11H22O/c1-11(2,3)9-6-4-8(5-7-9)10(12)13;1-11(2,3)10-6-4-9(8-12)5-7-10/h8-9H,4-7H2,1-3H3,(H,12,13);9-10,12H,4-8H2,1-3H3. The third-order valence-corrected chi connectivity index (χ3v) is 6.63. The molecule has 2 aliphatic rings. The summed E-state index contributed by atoms with van der Waals surface area (Å²) in [5.41, 5.74) is 0.823. The molecule has 0 saturated heterocycles. The number of aliphatic carboxylic acids is 1.